The van der Waals surface area contributed by atoms with Crippen LogP contribution >= 0.6 is 0 Å². The average Bonchev–Trinajstić information content (AvgIpc) is 2.75. The second kappa shape index (κ2) is 10.9. The standard InChI is InChI=1S/C28H34/c1-3-5-6-8-24-15-19-27(20-16-24)28-21-17-26(18-22-28)14-13-25-11-9-23(7-4-2)10-12-25/h11,15-23H,3-10,12H2,1-2H3. The smallest absolute Gasteiger partial charge is 0.0249 e. The third-order valence-electron chi connectivity index (χ3n) is 5.83. The molecule has 1 aliphatic carbocycles. The van der Waals surface area contributed by atoms with Crippen molar-refractivity contribution in [2.24, 2.45) is 5.92 Å². The van der Waals surface area contributed by atoms with E-state index in [9.17, 15) is 0 Å². The lowest BCUT2D eigenvalue weighted by Crippen LogP contribution is -2.04. The lowest BCUT2D eigenvalue weighted by molar-refractivity contribution is 0.436. The Morgan fingerprint density at radius 3 is 2.14 bits per heavy atom. The number of rotatable bonds is 7. The monoisotopic (exact) mass is 370 g/mol. The number of hydrogen-bond donors (Lipinski definition) is 0. The van der Waals surface area contributed by atoms with E-state index in [-0.39, 0.29) is 0 Å². The van der Waals surface area contributed by atoms with Gasteiger partial charge in [-0.15, -0.1) is 0 Å². The summed E-state index contributed by atoms with van der Waals surface area (Å²) in [5, 5.41) is 0. The van der Waals surface area contributed by atoms with Gasteiger partial charge in [-0.05, 0) is 72.4 Å². The van der Waals surface area contributed by atoms with E-state index in [4.69, 9.17) is 0 Å². The molecule has 0 radical (unpaired) electrons. The maximum Gasteiger partial charge on any atom is 0.0249 e. The fourth-order valence-corrected chi connectivity index (χ4v) is 4.01. The van der Waals surface area contributed by atoms with Gasteiger partial charge in [0, 0.05) is 5.56 Å². The van der Waals surface area contributed by atoms with E-state index in [0.29, 0.717) is 0 Å². The van der Waals surface area contributed by atoms with Crippen molar-refractivity contribution < 1.29 is 0 Å². The molecule has 28 heavy (non-hydrogen) atoms. The molecule has 0 amide bonds. The third-order valence-corrected chi connectivity index (χ3v) is 5.83. The maximum atomic E-state index is 3.40. The second-order valence-corrected chi connectivity index (χ2v) is 8.14. The molecule has 0 nitrogen and oxygen atoms in total. The van der Waals surface area contributed by atoms with Crippen LogP contribution in [0.2, 0.25) is 0 Å². The summed E-state index contributed by atoms with van der Waals surface area (Å²) in [6, 6.07) is 17.8. The van der Waals surface area contributed by atoms with Crippen LogP contribution in [0.5, 0.6) is 0 Å². The normalized spacial score (nSPS) is 16.2. The predicted molar refractivity (Wildman–Crippen MR) is 122 cm³/mol. The molecule has 1 aliphatic rings. The highest BCUT2D eigenvalue weighted by Crippen LogP contribution is 2.26. The van der Waals surface area contributed by atoms with Crippen LogP contribution in [0.1, 0.15) is 76.3 Å². The molecule has 0 saturated carbocycles. The number of unbranched alkanes of at least 4 members (excludes halogenated alkanes) is 2. The topological polar surface area (TPSA) is 0 Å². The van der Waals surface area contributed by atoms with Crippen molar-refractivity contribution in [1.82, 2.24) is 0 Å². The van der Waals surface area contributed by atoms with E-state index >= 15 is 0 Å². The molecule has 0 spiro atoms. The fourth-order valence-electron chi connectivity index (χ4n) is 4.01. The van der Waals surface area contributed by atoms with Crippen LogP contribution in [0.25, 0.3) is 11.1 Å². The first-order chi connectivity index (χ1) is 13.8. The predicted octanol–water partition coefficient (Wildman–Crippen LogP) is 7.96. The first-order valence-electron chi connectivity index (χ1n) is 11.2. The van der Waals surface area contributed by atoms with Crippen LogP contribution in [0.4, 0.5) is 0 Å². The van der Waals surface area contributed by atoms with Crippen LogP contribution in [-0.2, 0) is 6.42 Å². The lowest BCUT2D eigenvalue weighted by Gasteiger charge is -2.18. The van der Waals surface area contributed by atoms with Crippen LogP contribution in [0, 0.1) is 17.8 Å². The minimum Gasteiger partial charge on any atom is -0.0726 e. The molecular formula is C28H34. The molecule has 0 bridgehead atoms. The van der Waals surface area contributed by atoms with Crippen molar-refractivity contribution in [1.29, 1.82) is 0 Å². The first kappa shape index (κ1) is 20.5. The Kier molecular flexibility index (Phi) is 7.98. The van der Waals surface area contributed by atoms with Crippen molar-refractivity contribution >= 4 is 0 Å². The zero-order valence-corrected chi connectivity index (χ0v) is 17.6. The summed E-state index contributed by atoms with van der Waals surface area (Å²) >= 11 is 0. The van der Waals surface area contributed by atoms with E-state index in [0.717, 1.165) is 17.9 Å². The van der Waals surface area contributed by atoms with Gasteiger partial charge in [0.05, 0.1) is 0 Å². The zero-order valence-electron chi connectivity index (χ0n) is 17.6. The summed E-state index contributed by atoms with van der Waals surface area (Å²) in [5.41, 5.74) is 6.44. The summed E-state index contributed by atoms with van der Waals surface area (Å²) in [6.45, 7) is 4.54. The van der Waals surface area contributed by atoms with Crippen molar-refractivity contribution in [3.63, 3.8) is 0 Å². The summed E-state index contributed by atoms with van der Waals surface area (Å²) in [4.78, 5) is 0. The van der Waals surface area contributed by atoms with Gasteiger partial charge in [-0.3, -0.25) is 0 Å². The molecule has 0 fully saturated rings. The summed E-state index contributed by atoms with van der Waals surface area (Å²) < 4.78 is 0. The molecule has 2 aromatic rings. The SMILES string of the molecule is CCCCCc1ccc(-c2ccc(C#CC3=CCC(CCC)CC3)cc2)cc1. The van der Waals surface area contributed by atoms with Crippen molar-refractivity contribution in [3.05, 3.63) is 71.3 Å². The van der Waals surface area contributed by atoms with Gasteiger partial charge in [0.1, 0.15) is 0 Å². The number of allylic oxidation sites excluding steroid dienone is 2. The van der Waals surface area contributed by atoms with Gasteiger partial charge >= 0.3 is 0 Å². The molecule has 3 rings (SSSR count). The molecule has 0 N–H and O–H groups in total. The Morgan fingerprint density at radius 2 is 1.54 bits per heavy atom. The third kappa shape index (κ3) is 6.13. The molecule has 0 aromatic heterocycles. The molecule has 0 heterocycles. The van der Waals surface area contributed by atoms with Crippen LogP contribution in [-0.4, -0.2) is 0 Å². The second-order valence-electron chi connectivity index (χ2n) is 8.14. The van der Waals surface area contributed by atoms with Crippen LogP contribution in [0.3, 0.4) is 0 Å². The molecule has 0 saturated heterocycles. The van der Waals surface area contributed by atoms with Gasteiger partial charge in [-0.1, -0.05) is 93.8 Å². The minimum absolute atomic E-state index is 0.882. The Labute approximate surface area is 172 Å². The van der Waals surface area contributed by atoms with Gasteiger partial charge in [0.2, 0.25) is 0 Å². The number of hydrogen-bond acceptors (Lipinski definition) is 0. The zero-order chi connectivity index (χ0) is 19.6. The van der Waals surface area contributed by atoms with Crippen LogP contribution < -0.4 is 0 Å². The van der Waals surface area contributed by atoms with Gasteiger partial charge in [0.25, 0.3) is 0 Å². The number of benzene rings is 2. The molecular weight excluding hydrogens is 336 g/mol. The molecule has 1 unspecified atom stereocenters. The van der Waals surface area contributed by atoms with E-state index < -0.39 is 0 Å². The Morgan fingerprint density at radius 1 is 0.821 bits per heavy atom. The van der Waals surface area contributed by atoms with E-state index in [2.05, 4.69) is 80.3 Å². The lowest BCUT2D eigenvalue weighted by atomic mass is 9.87. The highest BCUT2D eigenvalue weighted by Gasteiger charge is 2.12. The maximum absolute atomic E-state index is 3.40. The van der Waals surface area contributed by atoms with Crippen molar-refractivity contribution in [2.45, 2.75) is 71.6 Å². The summed E-state index contributed by atoms with van der Waals surface area (Å²) in [7, 11) is 0. The molecule has 1 atom stereocenters. The summed E-state index contributed by atoms with van der Waals surface area (Å²) in [5.74, 6) is 7.64. The molecule has 2 aromatic carbocycles. The average molecular weight is 371 g/mol. The Bertz CT molecular complexity index is 809. The minimum atomic E-state index is 0.882. The van der Waals surface area contributed by atoms with E-state index in [1.807, 2.05) is 0 Å². The quantitative estimate of drug-likeness (QED) is 0.342. The fraction of sp³-hybridized carbons (Fsp3) is 0.429. The largest absolute Gasteiger partial charge is 0.0726 e. The molecule has 0 aliphatic heterocycles. The van der Waals surface area contributed by atoms with Gasteiger partial charge in [-0.25, -0.2) is 0 Å². The van der Waals surface area contributed by atoms with Gasteiger partial charge in [-0.2, -0.15) is 0 Å². The van der Waals surface area contributed by atoms with Gasteiger partial charge in [0.15, 0.2) is 0 Å². The first-order valence-corrected chi connectivity index (χ1v) is 11.2. The van der Waals surface area contributed by atoms with E-state index in [1.165, 1.54) is 73.6 Å². The molecule has 0 heteroatoms. The summed E-state index contributed by atoms with van der Waals surface area (Å²) in [6.07, 6.45) is 13.8. The van der Waals surface area contributed by atoms with Crippen molar-refractivity contribution in [2.75, 3.05) is 0 Å². The number of aryl methyl sites for hydroxylation is 1. The highest BCUT2D eigenvalue weighted by molar-refractivity contribution is 5.64. The molecule has 146 valence electrons. The van der Waals surface area contributed by atoms with Crippen LogP contribution in [0.15, 0.2) is 60.2 Å². The van der Waals surface area contributed by atoms with Crippen molar-refractivity contribution in [3.8, 4) is 23.0 Å². The Hall–Kier alpha value is -2.26. The Balaban J connectivity index is 1.58. The van der Waals surface area contributed by atoms with Gasteiger partial charge < -0.3 is 0 Å². The van der Waals surface area contributed by atoms with E-state index in [1.54, 1.807) is 0 Å². The highest BCUT2D eigenvalue weighted by atomic mass is 14.2.